The van der Waals surface area contributed by atoms with E-state index in [1.807, 2.05) is 24.3 Å². The second-order valence-corrected chi connectivity index (χ2v) is 8.43. The molecule has 3 amide bonds. The first kappa shape index (κ1) is 20.6. The lowest BCUT2D eigenvalue weighted by atomic mass is 9.81. The number of imide groups is 1. The molecule has 0 unspecified atom stereocenters. The molecule has 30 heavy (non-hydrogen) atoms. The molecule has 7 heteroatoms. The number of hydrogen-bond acceptors (Lipinski definition) is 5. The highest BCUT2D eigenvalue weighted by Gasteiger charge is 2.47. The number of fused-ring (bicyclic) bond motifs is 2. The zero-order chi connectivity index (χ0) is 21.3. The van der Waals surface area contributed by atoms with Crippen molar-refractivity contribution in [3.05, 3.63) is 29.8 Å². The molecular formula is C23H28N2O5. The third-order valence-electron chi connectivity index (χ3n) is 6.50. The monoisotopic (exact) mass is 412 g/mol. The first-order chi connectivity index (χ1) is 14.5. The van der Waals surface area contributed by atoms with E-state index in [0.29, 0.717) is 6.54 Å². The molecule has 0 spiro atoms. The summed E-state index contributed by atoms with van der Waals surface area (Å²) in [6.45, 7) is 2.19. The fourth-order valence-corrected chi connectivity index (χ4v) is 4.94. The molecule has 1 saturated heterocycles. The predicted molar refractivity (Wildman–Crippen MR) is 109 cm³/mol. The Bertz CT molecular complexity index is 843. The maximum absolute atomic E-state index is 12.9. The van der Waals surface area contributed by atoms with Crippen LogP contribution in [0.1, 0.15) is 51.0 Å². The largest absolute Gasteiger partial charge is 0.452 e. The van der Waals surface area contributed by atoms with Gasteiger partial charge in [0.05, 0.1) is 18.3 Å². The maximum atomic E-state index is 12.9. The van der Waals surface area contributed by atoms with E-state index in [1.165, 1.54) is 4.90 Å². The molecule has 0 aromatic heterocycles. The molecule has 3 atom stereocenters. The van der Waals surface area contributed by atoms with Crippen molar-refractivity contribution in [3.8, 4) is 0 Å². The summed E-state index contributed by atoms with van der Waals surface area (Å²) in [5.74, 6) is -1.59. The van der Waals surface area contributed by atoms with Gasteiger partial charge in [-0.05, 0) is 44.2 Å². The van der Waals surface area contributed by atoms with Crippen molar-refractivity contribution >= 4 is 29.4 Å². The number of nitrogens with zero attached hydrogens (tertiary/aromatic N) is 2. The Morgan fingerprint density at radius 3 is 2.43 bits per heavy atom. The van der Waals surface area contributed by atoms with E-state index in [1.54, 1.807) is 11.8 Å². The van der Waals surface area contributed by atoms with Crippen LogP contribution in [-0.2, 0) is 30.3 Å². The van der Waals surface area contributed by atoms with Gasteiger partial charge in [0, 0.05) is 18.8 Å². The summed E-state index contributed by atoms with van der Waals surface area (Å²) in [5.41, 5.74) is 1.98. The van der Waals surface area contributed by atoms with Crippen molar-refractivity contribution in [1.82, 2.24) is 4.90 Å². The Kier molecular flexibility index (Phi) is 5.88. The molecule has 2 aliphatic heterocycles. The van der Waals surface area contributed by atoms with E-state index in [9.17, 15) is 19.2 Å². The lowest BCUT2D eigenvalue weighted by Crippen LogP contribution is -2.43. The van der Waals surface area contributed by atoms with E-state index < -0.39 is 12.1 Å². The summed E-state index contributed by atoms with van der Waals surface area (Å²) >= 11 is 0. The van der Waals surface area contributed by atoms with Crippen molar-refractivity contribution in [2.75, 3.05) is 18.0 Å². The Morgan fingerprint density at radius 2 is 1.73 bits per heavy atom. The number of hydrogen-bond donors (Lipinski definition) is 0. The average molecular weight is 412 g/mol. The first-order valence-corrected chi connectivity index (χ1v) is 10.9. The number of esters is 1. The molecule has 0 radical (unpaired) electrons. The van der Waals surface area contributed by atoms with Crippen molar-refractivity contribution < 1.29 is 23.9 Å². The van der Waals surface area contributed by atoms with E-state index in [2.05, 4.69) is 0 Å². The number of anilines is 1. The van der Waals surface area contributed by atoms with Gasteiger partial charge in [0.1, 0.15) is 0 Å². The zero-order valence-corrected chi connectivity index (χ0v) is 17.3. The minimum atomic E-state index is -0.920. The predicted octanol–water partition coefficient (Wildman–Crippen LogP) is 2.46. The summed E-state index contributed by atoms with van der Waals surface area (Å²) in [6.07, 6.45) is 4.21. The zero-order valence-electron chi connectivity index (χ0n) is 17.3. The Labute approximate surface area is 176 Å². The van der Waals surface area contributed by atoms with E-state index in [0.717, 1.165) is 49.8 Å². The van der Waals surface area contributed by atoms with E-state index in [4.69, 9.17) is 4.74 Å². The van der Waals surface area contributed by atoms with Crippen LogP contribution in [0.4, 0.5) is 5.69 Å². The van der Waals surface area contributed by atoms with Gasteiger partial charge in [-0.15, -0.1) is 0 Å². The molecule has 2 heterocycles. The summed E-state index contributed by atoms with van der Waals surface area (Å²) in [6, 6.07) is 7.76. The Balaban J connectivity index is 1.32. The summed E-state index contributed by atoms with van der Waals surface area (Å²) < 4.78 is 5.35. The van der Waals surface area contributed by atoms with Crippen molar-refractivity contribution in [2.45, 2.75) is 58.0 Å². The lowest BCUT2D eigenvalue weighted by Gasteiger charge is -2.31. The molecule has 7 nitrogen and oxygen atoms in total. The Morgan fingerprint density at radius 1 is 1.07 bits per heavy atom. The standard InChI is InChI=1S/C23H28N2O5/c1-15(21(27)24-13-6-8-16-7-2-5-11-19(16)24)30-20(26)12-14-25-22(28)17-9-3-4-10-18(17)23(25)29/h2,5,7,11,15,17-18H,3-4,6,8-10,12-14H2,1H3/t15-,17-,18+/m1/s1. The summed E-state index contributed by atoms with van der Waals surface area (Å²) in [5, 5.41) is 0. The van der Waals surface area contributed by atoms with Gasteiger partial charge < -0.3 is 9.64 Å². The average Bonchev–Trinajstić information content (AvgIpc) is 3.01. The quantitative estimate of drug-likeness (QED) is 0.548. The minimum absolute atomic E-state index is 0.0248. The summed E-state index contributed by atoms with van der Waals surface area (Å²) in [4.78, 5) is 53.1. The van der Waals surface area contributed by atoms with Crippen LogP contribution in [0.3, 0.4) is 0 Å². The molecule has 1 aromatic carbocycles. The number of carbonyl (C=O) groups is 4. The van der Waals surface area contributed by atoms with Crippen LogP contribution in [0.15, 0.2) is 24.3 Å². The van der Waals surface area contributed by atoms with Gasteiger partial charge in [0.2, 0.25) is 11.8 Å². The molecule has 2 fully saturated rings. The number of ether oxygens (including phenoxy) is 1. The number of carbonyl (C=O) groups excluding carboxylic acids is 4. The van der Waals surface area contributed by atoms with Gasteiger partial charge in [-0.1, -0.05) is 31.0 Å². The normalized spacial score (nSPS) is 24.3. The smallest absolute Gasteiger partial charge is 0.308 e. The lowest BCUT2D eigenvalue weighted by molar-refractivity contribution is -0.154. The van der Waals surface area contributed by atoms with E-state index in [-0.39, 0.29) is 42.5 Å². The number of benzene rings is 1. The molecule has 0 bridgehead atoms. The molecular weight excluding hydrogens is 384 g/mol. The fourth-order valence-electron chi connectivity index (χ4n) is 4.94. The van der Waals surface area contributed by atoms with Crippen LogP contribution in [0.2, 0.25) is 0 Å². The number of aryl methyl sites for hydroxylation is 1. The van der Waals surface area contributed by atoms with Crippen LogP contribution < -0.4 is 4.90 Å². The highest BCUT2D eigenvalue weighted by molar-refractivity contribution is 6.05. The van der Waals surface area contributed by atoms with Crippen LogP contribution in [0, 0.1) is 11.8 Å². The fraction of sp³-hybridized carbons (Fsp3) is 0.565. The maximum Gasteiger partial charge on any atom is 0.308 e. The van der Waals surface area contributed by atoms with Crippen molar-refractivity contribution in [3.63, 3.8) is 0 Å². The molecule has 4 rings (SSSR count). The van der Waals surface area contributed by atoms with Gasteiger partial charge in [-0.25, -0.2) is 0 Å². The van der Waals surface area contributed by atoms with Crippen LogP contribution >= 0.6 is 0 Å². The molecule has 1 aromatic rings. The van der Waals surface area contributed by atoms with Gasteiger partial charge in [-0.2, -0.15) is 0 Å². The second-order valence-electron chi connectivity index (χ2n) is 8.43. The van der Waals surface area contributed by atoms with Gasteiger partial charge >= 0.3 is 5.97 Å². The molecule has 1 aliphatic carbocycles. The van der Waals surface area contributed by atoms with Crippen molar-refractivity contribution in [1.29, 1.82) is 0 Å². The summed E-state index contributed by atoms with van der Waals surface area (Å²) in [7, 11) is 0. The van der Waals surface area contributed by atoms with Crippen LogP contribution in [0.25, 0.3) is 0 Å². The van der Waals surface area contributed by atoms with Crippen LogP contribution in [-0.4, -0.2) is 47.8 Å². The highest BCUT2D eigenvalue weighted by Crippen LogP contribution is 2.38. The van der Waals surface area contributed by atoms with Gasteiger partial charge in [0.15, 0.2) is 6.10 Å². The number of amides is 3. The van der Waals surface area contributed by atoms with Gasteiger partial charge in [0.25, 0.3) is 5.91 Å². The number of para-hydroxylation sites is 1. The third kappa shape index (κ3) is 3.85. The van der Waals surface area contributed by atoms with Crippen LogP contribution in [0.5, 0.6) is 0 Å². The minimum Gasteiger partial charge on any atom is -0.452 e. The molecule has 1 saturated carbocycles. The Hall–Kier alpha value is -2.70. The third-order valence-corrected chi connectivity index (χ3v) is 6.50. The number of rotatable bonds is 5. The molecule has 0 N–H and O–H groups in total. The molecule has 3 aliphatic rings. The molecule has 160 valence electrons. The first-order valence-electron chi connectivity index (χ1n) is 10.9. The topological polar surface area (TPSA) is 84.0 Å². The van der Waals surface area contributed by atoms with E-state index >= 15 is 0 Å². The second kappa shape index (κ2) is 8.58. The highest BCUT2D eigenvalue weighted by atomic mass is 16.5. The van der Waals surface area contributed by atoms with Crippen molar-refractivity contribution in [2.24, 2.45) is 11.8 Å². The number of likely N-dealkylation sites (tertiary alicyclic amines) is 1. The van der Waals surface area contributed by atoms with Gasteiger partial charge in [-0.3, -0.25) is 24.1 Å². The SMILES string of the molecule is C[C@@H](OC(=O)CCN1C(=O)[C@H]2CCCC[C@H]2C1=O)C(=O)N1CCCc2ccccc21.